The van der Waals surface area contributed by atoms with Crippen molar-refractivity contribution in [3.63, 3.8) is 0 Å². The largest absolute Gasteiger partial charge is 0.573 e. The van der Waals surface area contributed by atoms with Crippen LogP contribution in [-0.2, 0) is 0 Å². The second-order valence-electron chi connectivity index (χ2n) is 4.50. The van der Waals surface area contributed by atoms with Gasteiger partial charge in [0.2, 0.25) is 0 Å². The van der Waals surface area contributed by atoms with E-state index in [4.69, 9.17) is 0 Å². The molecule has 0 aromatic heterocycles. The molecular formula is C15H12F3IO2. The van der Waals surface area contributed by atoms with Crippen molar-refractivity contribution in [2.45, 2.75) is 19.4 Å². The number of halogens is 4. The molecule has 0 radical (unpaired) electrons. The highest BCUT2D eigenvalue weighted by molar-refractivity contribution is 14.1. The predicted octanol–water partition coefficient (Wildman–Crippen LogP) is 4.58. The lowest BCUT2D eigenvalue weighted by Gasteiger charge is -2.16. The molecule has 1 N–H and O–H groups in total. The second-order valence-corrected chi connectivity index (χ2v) is 5.58. The molecule has 0 fully saturated rings. The van der Waals surface area contributed by atoms with Crippen molar-refractivity contribution in [1.29, 1.82) is 0 Å². The monoisotopic (exact) mass is 408 g/mol. The summed E-state index contributed by atoms with van der Waals surface area (Å²) in [5.74, 6) is -0.346. The Morgan fingerprint density at radius 3 is 2.48 bits per heavy atom. The topological polar surface area (TPSA) is 29.5 Å². The standard InChI is InChI=1S/C15H12F3IO2/c1-9-4-2-7-12(13(9)19)14(20)10-5-3-6-11(8-10)21-15(16,17)18/h2-8,14,20H,1H3. The molecule has 2 nitrogen and oxygen atoms in total. The molecule has 0 saturated carbocycles. The summed E-state index contributed by atoms with van der Waals surface area (Å²) < 4.78 is 41.4. The first kappa shape index (κ1) is 16.1. The van der Waals surface area contributed by atoms with E-state index in [1.807, 2.05) is 13.0 Å². The molecule has 2 rings (SSSR count). The van der Waals surface area contributed by atoms with Gasteiger partial charge in [-0.3, -0.25) is 0 Å². The third-order valence-corrected chi connectivity index (χ3v) is 4.40. The Labute approximate surface area is 133 Å². The van der Waals surface area contributed by atoms with Crippen LogP contribution in [0.25, 0.3) is 0 Å². The van der Waals surface area contributed by atoms with Crippen molar-refractivity contribution in [2.24, 2.45) is 0 Å². The highest BCUT2D eigenvalue weighted by Crippen LogP contribution is 2.31. The van der Waals surface area contributed by atoms with E-state index >= 15 is 0 Å². The van der Waals surface area contributed by atoms with Gasteiger partial charge in [-0.1, -0.05) is 30.3 Å². The van der Waals surface area contributed by atoms with Gasteiger partial charge in [0.15, 0.2) is 0 Å². The third kappa shape index (κ3) is 4.10. The van der Waals surface area contributed by atoms with Gasteiger partial charge in [-0.2, -0.15) is 0 Å². The first-order chi connectivity index (χ1) is 9.78. The molecule has 0 saturated heterocycles. The van der Waals surface area contributed by atoms with Crippen molar-refractivity contribution in [3.8, 4) is 5.75 Å². The summed E-state index contributed by atoms with van der Waals surface area (Å²) in [5.41, 5.74) is 2.00. The Hall–Kier alpha value is -1.28. The molecule has 0 heterocycles. The van der Waals surface area contributed by atoms with Crippen LogP contribution in [-0.4, -0.2) is 11.5 Å². The first-order valence-electron chi connectivity index (χ1n) is 6.07. The maximum absolute atomic E-state index is 12.2. The molecular weight excluding hydrogens is 396 g/mol. The molecule has 0 aliphatic rings. The molecule has 21 heavy (non-hydrogen) atoms. The fourth-order valence-electron chi connectivity index (χ4n) is 1.94. The van der Waals surface area contributed by atoms with Crippen LogP contribution in [0.5, 0.6) is 5.75 Å². The molecule has 2 aromatic carbocycles. The van der Waals surface area contributed by atoms with E-state index in [0.717, 1.165) is 9.13 Å². The number of alkyl halides is 3. The fourth-order valence-corrected chi connectivity index (χ4v) is 2.60. The SMILES string of the molecule is Cc1cccc(C(O)c2cccc(OC(F)(F)F)c2)c1I. The number of aryl methyl sites for hydroxylation is 1. The van der Waals surface area contributed by atoms with Gasteiger partial charge < -0.3 is 9.84 Å². The average Bonchev–Trinajstić information content (AvgIpc) is 2.39. The minimum Gasteiger partial charge on any atom is -0.406 e. The van der Waals surface area contributed by atoms with Gasteiger partial charge in [0.25, 0.3) is 0 Å². The number of ether oxygens (including phenoxy) is 1. The Morgan fingerprint density at radius 2 is 1.81 bits per heavy atom. The van der Waals surface area contributed by atoms with Gasteiger partial charge in [0.1, 0.15) is 11.9 Å². The lowest BCUT2D eigenvalue weighted by molar-refractivity contribution is -0.274. The van der Waals surface area contributed by atoms with Gasteiger partial charge >= 0.3 is 6.36 Å². The molecule has 112 valence electrons. The van der Waals surface area contributed by atoms with Crippen LogP contribution >= 0.6 is 22.6 Å². The molecule has 6 heteroatoms. The van der Waals surface area contributed by atoms with Crippen molar-refractivity contribution in [3.05, 3.63) is 62.7 Å². The fraction of sp³-hybridized carbons (Fsp3) is 0.200. The zero-order valence-corrected chi connectivity index (χ0v) is 13.1. The molecule has 0 aliphatic heterocycles. The summed E-state index contributed by atoms with van der Waals surface area (Å²) >= 11 is 2.11. The third-order valence-electron chi connectivity index (χ3n) is 2.92. The van der Waals surface area contributed by atoms with Gasteiger partial charge in [-0.15, -0.1) is 13.2 Å². The van der Waals surface area contributed by atoms with E-state index in [1.54, 1.807) is 18.2 Å². The summed E-state index contributed by atoms with van der Waals surface area (Å²) in [7, 11) is 0. The Morgan fingerprint density at radius 1 is 1.14 bits per heavy atom. The van der Waals surface area contributed by atoms with Gasteiger partial charge in [-0.25, -0.2) is 0 Å². The maximum atomic E-state index is 12.2. The quantitative estimate of drug-likeness (QED) is 0.754. The predicted molar refractivity (Wildman–Crippen MR) is 81.1 cm³/mol. The van der Waals surface area contributed by atoms with Crippen LogP contribution in [0.2, 0.25) is 0 Å². The molecule has 0 amide bonds. The highest BCUT2D eigenvalue weighted by Gasteiger charge is 2.31. The van der Waals surface area contributed by atoms with Crippen LogP contribution < -0.4 is 4.74 Å². The Balaban J connectivity index is 2.33. The zero-order chi connectivity index (χ0) is 15.6. The van der Waals surface area contributed by atoms with Gasteiger partial charge in [0.05, 0.1) is 0 Å². The Bertz CT molecular complexity index is 641. The number of hydrogen-bond acceptors (Lipinski definition) is 2. The molecule has 0 aliphatic carbocycles. The van der Waals surface area contributed by atoms with E-state index < -0.39 is 12.5 Å². The normalized spacial score (nSPS) is 13.0. The number of aliphatic hydroxyl groups is 1. The van der Waals surface area contributed by atoms with E-state index in [0.29, 0.717) is 11.1 Å². The molecule has 1 unspecified atom stereocenters. The van der Waals surface area contributed by atoms with E-state index in [1.165, 1.54) is 18.2 Å². The van der Waals surface area contributed by atoms with Gasteiger partial charge in [-0.05, 0) is 58.3 Å². The number of hydrogen-bond donors (Lipinski definition) is 1. The molecule has 0 spiro atoms. The van der Waals surface area contributed by atoms with E-state index in [9.17, 15) is 18.3 Å². The lowest BCUT2D eigenvalue weighted by atomic mass is 10.00. The lowest BCUT2D eigenvalue weighted by Crippen LogP contribution is -2.17. The summed E-state index contributed by atoms with van der Waals surface area (Å²) in [6, 6.07) is 10.8. The highest BCUT2D eigenvalue weighted by atomic mass is 127. The summed E-state index contributed by atoms with van der Waals surface area (Å²) in [5, 5.41) is 10.4. The van der Waals surface area contributed by atoms with Crippen LogP contribution in [0.3, 0.4) is 0 Å². The number of rotatable bonds is 3. The summed E-state index contributed by atoms with van der Waals surface area (Å²) in [4.78, 5) is 0. The smallest absolute Gasteiger partial charge is 0.406 e. The van der Waals surface area contributed by atoms with Crippen LogP contribution in [0.1, 0.15) is 22.8 Å². The van der Waals surface area contributed by atoms with E-state index in [-0.39, 0.29) is 5.75 Å². The van der Waals surface area contributed by atoms with Crippen molar-refractivity contribution < 1.29 is 23.0 Å². The van der Waals surface area contributed by atoms with Crippen LogP contribution in [0.4, 0.5) is 13.2 Å². The van der Waals surface area contributed by atoms with Crippen molar-refractivity contribution in [2.75, 3.05) is 0 Å². The minimum atomic E-state index is -4.75. The van der Waals surface area contributed by atoms with Crippen LogP contribution in [0.15, 0.2) is 42.5 Å². The molecule has 0 bridgehead atoms. The molecule has 2 aromatic rings. The first-order valence-corrected chi connectivity index (χ1v) is 7.14. The Kier molecular flexibility index (Phi) is 4.77. The van der Waals surface area contributed by atoms with Crippen LogP contribution in [0, 0.1) is 10.5 Å². The average molecular weight is 408 g/mol. The maximum Gasteiger partial charge on any atom is 0.573 e. The van der Waals surface area contributed by atoms with Gasteiger partial charge in [0, 0.05) is 3.57 Å². The second kappa shape index (κ2) is 6.23. The number of benzene rings is 2. The van der Waals surface area contributed by atoms with E-state index in [2.05, 4.69) is 27.3 Å². The summed E-state index contributed by atoms with van der Waals surface area (Å²) in [6.45, 7) is 1.90. The molecule has 1 atom stereocenters. The minimum absolute atomic E-state index is 0.346. The summed E-state index contributed by atoms with van der Waals surface area (Å²) in [6.07, 6.45) is -5.75. The number of aliphatic hydroxyl groups excluding tert-OH is 1. The zero-order valence-electron chi connectivity index (χ0n) is 11.0. The van der Waals surface area contributed by atoms with Crippen molar-refractivity contribution >= 4 is 22.6 Å². The van der Waals surface area contributed by atoms with Crippen molar-refractivity contribution in [1.82, 2.24) is 0 Å².